The Kier molecular flexibility index (Phi) is 7.40. The molecule has 178 valence electrons. The van der Waals surface area contributed by atoms with Crippen LogP contribution in [0.25, 0.3) is 0 Å². The number of nitrogens with one attached hydrogen (secondary N) is 1. The van der Waals surface area contributed by atoms with Crippen molar-refractivity contribution in [3.63, 3.8) is 0 Å². The summed E-state index contributed by atoms with van der Waals surface area (Å²) in [6.07, 6.45) is 1.21. The van der Waals surface area contributed by atoms with Gasteiger partial charge in [0.25, 0.3) is 5.69 Å². The summed E-state index contributed by atoms with van der Waals surface area (Å²) in [6, 6.07) is 8.91. The third kappa shape index (κ3) is 6.34. The van der Waals surface area contributed by atoms with Gasteiger partial charge in [-0.1, -0.05) is 12.1 Å². The number of nitrogens with zero attached hydrogens (tertiary/aromatic N) is 2. The summed E-state index contributed by atoms with van der Waals surface area (Å²) in [5.41, 5.74) is 0.400. The third-order valence-corrected chi connectivity index (χ3v) is 5.38. The first-order chi connectivity index (χ1) is 15.5. The first kappa shape index (κ1) is 24.3. The Balaban J connectivity index is 1.80. The lowest BCUT2D eigenvalue weighted by Gasteiger charge is -2.35. The molecule has 33 heavy (non-hydrogen) atoms. The van der Waals surface area contributed by atoms with E-state index in [0.717, 1.165) is 12.8 Å². The lowest BCUT2D eigenvalue weighted by Crippen LogP contribution is -2.42. The van der Waals surface area contributed by atoms with E-state index in [0.29, 0.717) is 36.6 Å². The quantitative estimate of drug-likeness (QED) is 0.448. The number of carbonyl (C=O) groups excluding carboxylic acids is 1. The van der Waals surface area contributed by atoms with Gasteiger partial charge in [-0.15, -0.1) is 0 Å². The molecule has 1 heterocycles. The van der Waals surface area contributed by atoms with Gasteiger partial charge in [0.15, 0.2) is 11.6 Å². The van der Waals surface area contributed by atoms with Crippen molar-refractivity contribution in [2.24, 2.45) is 5.92 Å². The van der Waals surface area contributed by atoms with Crippen molar-refractivity contribution in [3.05, 3.63) is 57.9 Å². The first-order valence-electron chi connectivity index (χ1n) is 11.0. The fraction of sp³-hybridized carbons (Fsp3) is 0.458. The Labute approximate surface area is 192 Å². The van der Waals surface area contributed by atoms with Crippen LogP contribution < -0.4 is 15.0 Å². The Hall–Kier alpha value is -3.36. The van der Waals surface area contributed by atoms with Gasteiger partial charge in [-0.2, -0.15) is 0 Å². The minimum absolute atomic E-state index is 0.0332. The van der Waals surface area contributed by atoms with E-state index in [1.54, 1.807) is 39.8 Å². The molecular weight excluding hydrogens is 429 g/mol. The monoisotopic (exact) mass is 459 g/mol. The number of rotatable bonds is 6. The zero-order valence-corrected chi connectivity index (χ0v) is 19.4. The zero-order valence-electron chi connectivity index (χ0n) is 19.4. The average Bonchev–Trinajstić information content (AvgIpc) is 2.74. The molecule has 3 rings (SSSR count). The van der Waals surface area contributed by atoms with Crippen LogP contribution in [-0.4, -0.2) is 36.3 Å². The van der Waals surface area contributed by atoms with Crippen molar-refractivity contribution in [2.75, 3.05) is 24.5 Å². The number of anilines is 1. The molecule has 2 aromatic carbocycles. The number of hydrogen-bond donors (Lipinski definition) is 1. The van der Waals surface area contributed by atoms with Crippen molar-refractivity contribution in [1.29, 1.82) is 0 Å². The van der Waals surface area contributed by atoms with Crippen LogP contribution in [0.3, 0.4) is 0 Å². The summed E-state index contributed by atoms with van der Waals surface area (Å²) in [5.74, 6) is -0.00217. The number of amides is 1. The molecule has 9 heteroatoms. The van der Waals surface area contributed by atoms with Gasteiger partial charge in [-0.05, 0) is 64.7 Å². The molecule has 0 aromatic heterocycles. The van der Waals surface area contributed by atoms with E-state index in [1.807, 2.05) is 4.90 Å². The van der Waals surface area contributed by atoms with Gasteiger partial charge in [0, 0.05) is 31.3 Å². The van der Waals surface area contributed by atoms with Crippen molar-refractivity contribution in [2.45, 2.75) is 46.1 Å². The molecule has 8 nitrogen and oxygen atoms in total. The molecule has 1 N–H and O–H groups in total. The number of nitro benzene ring substituents is 1. The summed E-state index contributed by atoms with van der Waals surface area (Å²) in [6.45, 7) is 8.70. The molecular formula is C24H30FN3O5. The maximum absolute atomic E-state index is 14.1. The molecule has 2 aromatic rings. The SMILES string of the molecule is Cc1c(Oc2ccccc2F)ccc([N+](=O)[O-])c1N1CCC[C@@H](CNC(=O)OC(C)(C)C)C1. The summed E-state index contributed by atoms with van der Waals surface area (Å²) in [4.78, 5) is 25.3. The van der Waals surface area contributed by atoms with E-state index in [2.05, 4.69) is 5.32 Å². The van der Waals surface area contributed by atoms with E-state index in [-0.39, 0.29) is 17.4 Å². The van der Waals surface area contributed by atoms with Gasteiger partial charge in [0.1, 0.15) is 17.0 Å². The molecule has 0 aliphatic carbocycles. The van der Waals surface area contributed by atoms with Crippen LogP contribution in [0.2, 0.25) is 0 Å². The van der Waals surface area contributed by atoms with Gasteiger partial charge in [-0.25, -0.2) is 9.18 Å². The first-order valence-corrected chi connectivity index (χ1v) is 11.0. The van der Waals surface area contributed by atoms with E-state index in [4.69, 9.17) is 9.47 Å². The minimum Gasteiger partial charge on any atom is -0.454 e. The number of carbonyl (C=O) groups is 1. The molecule has 1 aliphatic rings. The number of nitro groups is 1. The smallest absolute Gasteiger partial charge is 0.407 e. The Bertz CT molecular complexity index is 1020. The van der Waals surface area contributed by atoms with Gasteiger partial charge in [0.2, 0.25) is 0 Å². The molecule has 1 atom stereocenters. The second-order valence-corrected chi connectivity index (χ2v) is 9.18. The highest BCUT2D eigenvalue weighted by molar-refractivity contribution is 5.72. The number of piperidine rings is 1. The van der Waals surface area contributed by atoms with Crippen LogP contribution in [0.4, 0.5) is 20.6 Å². The summed E-state index contributed by atoms with van der Waals surface area (Å²) < 4.78 is 25.1. The molecule has 1 fully saturated rings. The van der Waals surface area contributed by atoms with Gasteiger partial charge < -0.3 is 19.7 Å². The summed E-state index contributed by atoms with van der Waals surface area (Å²) in [5, 5.41) is 14.6. The van der Waals surface area contributed by atoms with Crippen LogP contribution in [0.5, 0.6) is 11.5 Å². The lowest BCUT2D eigenvalue weighted by atomic mass is 9.96. The average molecular weight is 460 g/mol. The highest BCUT2D eigenvalue weighted by atomic mass is 19.1. The number of halogens is 1. The normalized spacial score (nSPS) is 16.3. The second kappa shape index (κ2) is 10.1. The molecule has 0 spiro atoms. The maximum Gasteiger partial charge on any atom is 0.407 e. The molecule has 1 aliphatic heterocycles. The minimum atomic E-state index is -0.584. The molecule has 1 saturated heterocycles. The van der Waals surface area contributed by atoms with E-state index >= 15 is 0 Å². The van der Waals surface area contributed by atoms with Crippen LogP contribution in [0, 0.1) is 28.8 Å². The number of ether oxygens (including phenoxy) is 2. The highest BCUT2D eigenvalue weighted by Gasteiger charge is 2.29. The largest absolute Gasteiger partial charge is 0.454 e. The van der Waals surface area contributed by atoms with Crippen LogP contribution in [0.15, 0.2) is 36.4 Å². The summed E-state index contributed by atoms with van der Waals surface area (Å²) in [7, 11) is 0. The fourth-order valence-electron chi connectivity index (χ4n) is 3.95. The molecule has 0 radical (unpaired) electrons. The predicted molar refractivity (Wildman–Crippen MR) is 123 cm³/mol. The molecule has 0 unspecified atom stereocenters. The Morgan fingerprint density at radius 1 is 1.24 bits per heavy atom. The van der Waals surface area contributed by atoms with E-state index < -0.39 is 22.4 Å². The van der Waals surface area contributed by atoms with E-state index in [1.165, 1.54) is 24.3 Å². The standard InChI is InChI=1S/C24H30FN3O5/c1-16-20(32-21-10-6-5-9-18(21)25)12-11-19(28(30)31)22(16)27-13-7-8-17(15-27)14-26-23(29)33-24(2,3)4/h5-6,9-12,17H,7-8,13-15H2,1-4H3,(H,26,29)/t17-/m0/s1. The second-order valence-electron chi connectivity index (χ2n) is 9.18. The van der Waals surface area contributed by atoms with Gasteiger partial charge in [-0.3, -0.25) is 10.1 Å². The molecule has 1 amide bonds. The van der Waals surface area contributed by atoms with Gasteiger partial charge in [0.05, 0.1) is 4.92 Å². The topological polar surface area (TPSA) is 93.9 Å². The third-order valence-electron chi connectivity index (χ3n) is 5.38. The maximum atomic E-state index is 14.1. The number of hydrogen-bond acceptors (Lipinski definition) is 6. The van der Waals surface area contributed by atoms with Crippen molar-refractivity contribution >= 4 is 17.5 Å². The summed E-state index contributed by atoms with van der Waals surface area (Å²) >= 11 is 0. The van der Waals surface area contributed by atoms with Crippen molar-refractivity contribution in [1.82, 2.24) is 5.32 Å². The lowest BCUT2D eigenvalue weighted by molar-refractivity contribution is -0.384. The van der Waals surface area contributed by atoms with E-state index in [9.17, 15) is 19.3 Å². The van der Waals surface area contributed by atoms with Crippen molar-refractivity contribution in [3.8, 4) is 11.5 Å². The van der Waals surface area contributed by atoms with Crippen LogP contribution in [-0.2, 0) is 4.74 Å². The van der Waals surface area contributed by atoms with Crippen LogP contribution in [0.1, 0.15) is 39.2 Å². The molecule has 0 saturated carbocycles. The highest BCUT2D eigenvalue weighted by Crippen LogP contribution is 2.40. The number of benzene rings is 2. The fourth-order valence-corrected chi connectivity index (χ4v) is 3.95. The number of para-hydroxylation sites is 1. The molecule has 0 bridgehead atoms. The predicted octanol–water partition coefficient (Wildman–Crippen LogP) is 5.58. The van der Waals surface area contributed by atoms with Crippen molar-refractivity contribution < 1.29 is 23.6 Å². The Morgan fingerprint density at radius 2 is 1.97 bits per heavy atom. The number of alkyl carbamates (subject to hydrolysis) is 1. The van der Waals surface area contributed by atoms with Gasteiger partial charge >= 0.3 is 6.09 Å². The zero-order chi connectivity index (χ0) is 24.2. The Morgan fingerprint density at radius 3 is 2.64 bits per heavy atom. The van der Waals surface area contributed by atoms with Crippen LogP contribution >= 0.6 is 0 Å².